The number of para-hydroxylation sites is 1. The molecule has 0 aliphatic carbocycles. The normalized spacial score (nSPS) is 11.6. The molecule has 6 N–H and O–H groups in total. The summed E-state index contributed by atoms with van der Waals surface area (Å²) in [6, 6.07) is 11.6. The van der Waals surface area contributed by atoms with Gasteiger partial charge >= 0.3 is 12.0 Å². The zero-order chi connectivity index (χ0) is 29.2. The molecule has 0 radical (unpaired) electrons. The van der Waals surface area contributed by atoms with E-state index in [1.807, 2.05) is 56.3 Å². The molecule has 1 atom stereocenters. The van der Waals surface area contributed by atoms with Crippen molar-refractivity contribution in [2.75, 3.05) is 24.3 Å². The SMILES string of the molecule is CC(=O)NC(CC/C=C\C=C(/C)CN)C(=O)O.COc1cc(CC=O)ccc1NC(=O)Nc1ccccc1C. The summed E-state index contributed by atoms with van der Waals surface area (Å²) in [6.07, 6.45) is 7.69. The Morgan fingerprint density at radius 1 is 1.08 bits per heavy atom. The van der Waals surface area contributed by atoms with Crippen LogP contribution < -0.4 is 26.4 Å². The molecule has 0 spiro atoms. The number of aldehydes is 1. The van der Waals surface area contributed by atoms with Crippen LogP contribution in [0.5, 0.6) is 5.75 Å². The molecule has 2 rings (SSSR count). The van der Waals surface area contributed by atoms with Gasteiger partial charge in [-0.15, -0.1) is 0 Å². The number of amides is 3. The monoisotopic (exact) mass is 538 g/mol. The standard InChI is InChI=1S/C17H18N2O3.C12H20N2O3/c1-12-5-3-4-6-14(12)18-17(21)19-15-8-7-13(9-10-20)11-16(15)22-2;1-9(8-13)6-4-3-5-7-11(12(16)17)14-10(2)15/h3-8,10-11H,9H2,1-2H3,(H2,18,19,21);3-4,6,11H,5,7-8,13H2,1-2H3,(H,14,15)(H,16,17)/b;4-3-,9-6+. The Labute approximate surface area is 229 Å². The van der Waals surface area contributed by atoms with E-state index in [9.17, 15) is 19.2 Å². The molecule has 0 aliphatic heterocycles. The zero-order valence-corrected chi connectivity index (χ0v) is 22.8. The van der Waals surface area contributed by atoms with Gasteiger partial charge in [0.25, 0.3) is 0 Å². The largest absolute Gasteiger partial charge is 0.495 e. The number of anilines is 2. The second-order valence-corrected chi connectivity index (χ2v) is 8.61. The van der Waals surface area contributed by atoms with Gasteiger partial charge in [0.1, 0.15) is 18.1 Å². The fraction of sp³-hybridized carbons (Fsp3) is 0.310. The Morgan fingerprint density at radius 2 is 1.77 bits per heavy atom. The average molecular weight is 539 g/mol. The maximum absolute atomic E-state index is 12.1. The van der Waals surface area contributed by atoms with Crippen molar-refractivity contribution in [2.45, 2.75) is 46.1 Å². The van der Waals surface area contributed by atoms with E-state index in [-0.39, 0.29) is 11.9 Å². The van der Waals surface area contributed by atoms with Gasteiger partial charge in [0, 0.05) is 25.6 Å². The van der Waals surface area contributed by atoms with E-state index in [1.54, 1.807) is 18.2 Å². The van der Waals surface area contributed by atoms with Crippen molar-refractivity contribution in [1.82, 2.24) is 5.32 Å². The fourth-order valence-electron chi connectivity index (χ4n) is 3.21. The molecule has 10 nitrogen and oxygen atoms in total. The number of nitrogens with two attached hydrogens (primary N) is 1. The Morgan fingerprint density at radius 3 is 2.36 bits per heavy atom. The number of carboxylic acids is 1. The molecule has 1 unspecified atom stereocenters. The second-order valence-electron chi connectivity index (χ2n) is 8.61. The molecule has 0 saturated heterocycles. The molecular formula is C29H38N4O6. The van der Waals surface area contributed by atoms with Crippen LogP contribution in [0.2, 0.25) is 0 Å². The molecule has 0 saturated carbocycles. The predicted molar refractivity (Wildman–Crippen MR) is 153 cm³/mol. The number of rotatable bonds is 12. The lowest BCUT2D eigenvalue weighted by molar-refractivity contribution is -0.141. The van der Waals surface area contributed by atoms with Crippen molar-refractivity contribution in [3.05, 3.63) is 77.4 Å². The van der Waals surface area contributed by atoms with Gasteiger partial charge in [-0.25, -0.2) is 9.59 Å². The number of allylic oxidation sites excluding steroid dienone is 3. The molecule has 2 aromatic rings. The number of methoxy groups -OCH3 is 1. The number of ether oxygens (including phenoxy) is 1. The Balaban J connectivity index is 0.000000406. The highest BCUT2D eigenvalue weighted by Crippen LogP contribution is 2.26. The van der Waals surface area contributed by atoms with Crippen molar-refractivity contribution in [3.8, 4) is 5.75 Å². The first-order valence-corrected chi connectivity index (χ1v) is 12.4. The molecule has 10 heteroatoms. The molecule has 0 aliphatic rings. The molecule has 2 aromatic carbocycles. The average Bonchev–Trinajstić information content (AvgIpc) is 2.90. The van der Waals surface area contributed by atoms with Crippen LogP contribution in [0, 0.1) is 6.92 Å². The minimum absolute atomic E-state index is 0.312. The van der Waals surface area contributed by atoms with E-state index >= 15 is 0 Å². The third-order valence-electron chi connectivity index (χ3n) is 5.36. The van der Waals surface area contributed by atoms with Crippen LogP contribution in [-0.2, 0) is 20.8 Å². The van der Waals surface area contributed by atoms with E-state index in [4.69, 9.17) is 15.6 Å². The lowest BCUT2D eigenvalue weighted by atomic mass is 10.1. The maximum atomic E-state index is 12.1. The highest BCUT2D eigenvalue weighted by atomic mass is 16.5. The number of carbonyl (C=O) groups excluding carboxylic acids is 3. The van der Waals surface area contributed by atoms with Gasteiger partial charge < -0.3 is 36.3 Å². The molecule has 39 heavy (non-hydrogen) atoms. The van der Waals surface area contributed by atoms with Crippen LogP contribution in [0.15, 0.2) is 66.3 Å². The fourth-order valence-corrected chi connectivity index (χ4v) is 3.21. The van der Waals surface area contributed by atoms with Gasteiger partial charge in [-0.3, -0.25) is 4.79 Å². The molecule has 0 fully saturated rings. The Hall–Kier alpha value is -4.44. The summed E-state index contributed by atoms with van der Waals surface area (Å²) < 4.78 is 5.25. The number of aryl methyl sites for hydroxylation is 1. The Bertz CT molecular complexity index is 1180. The quantitative estimate of drug-likeness (QED) is 0.200. The van der Waals surface area contributed by atoms with Gasteiger partial charge in [0.05, 0.1) is 12.8 Å². The van der Waals surface area contributed by atoms with E-state index in [2.05, 4.69) is 16.0 Å². The number of benzene rings is 2. The third-order valence-corrected chi connectivity index (χ3v) is 5.36. The summed E-state index contributed by atoms with van der Waals surface area (Å²) in [5, 5.41) is 16.8. The molecule has 0 bridgehead atoms. The maximum Gasteiger partial charge on any atom is 0.326 e. The minimum atomic E-state index is -1.01. The number of hydrogen-bond acceptors (Lipinski definition) is 6. The van der Waals surface area contributed by atoms with E-state index < -0.39 is 12.0 Å². The molecule has 0 heterocycles. The first-order chi connectivity index (χ1) is 18.6. The van der Waals surface area contributed by atoms with Crippen LogP contribution in [0.1, 0.15) is 37.8 Å². The van der Waals surface area contributed by atoms with Crippen LogP contribution in [0.3, 0.4) is 0 Å². The number of nitrogens with one attached hydrogen (secondary N) is 3. The van der Waals surface area contributed by atoms with Crippen LogP contribution in [0.25, 0.3) is 0 Å². The molecule has 3 amide bonds. The number of carboxylic acid groups (broad SMARTS) is 1. The van der Waals surface area contributed by atoms with Crippen molar-refractivity contribution < 1.29 is 29.0 Å². The predicted octanol–water partition coefficient (Wildman–Crippen LogP) is 4.21. The topological polar surface area (TPSA) is 160 Å². The van der Waals surface area contributed by atoms with Gasteiger partial charge in [-0.05, 0) is 56.0 Å². The number of urea groups is 1. The minimum Gasteiger partial charge on any atom is -0.495 e. The molecular weight excluding hydrogens is 500 g/mol. The van der Waals surface area contributed by atoms with Crippen molar-refractivity contribution in [3.63, 3.8) is 0 Å². The van der Waals surface area contributed by atoms with Gasteiger partial charge in [0.15, 0.2) is 0 Å². The number of aliphatic carboxylic acids is 1. The summed E-state index contributed by atoms with van der Waals surface area (Å²) in [6.45, 7) is 5.65. The first-order valence-electron chi connectivity index (χ1n) is 12.4. The Kier molecular flexibility index (Phi) is 15.0. The van der Waals surface area contributed by atoms with Gasteiger partial charge in [0.2, 0.25) is 5.91 Å². The highest BCUT2D eigenvalue weighted by Gasteiger charge is 2.16. The van der Waals surface area contributed by atoms with Gasteiger partial charge in [-0.1, -0.05) is 48.1 Å². The first kappa shape index (κ1) is 32.6. The molecule has 0 aromatic heterocycles. The molecule has 210 valence electrons. The summed E-state index contributed by atoms with van der Waals surface area (Å²) in [5.41, 5.74) is 9.56. The van der Waals surface area contributed by atoms with Crippen molar-refractivity contribution in [2.24, 2.45) is 5.73 Å². The lowest BCUT2D eigenvalue weighted by Crippen LogP contribution is -2.39. The lowest BCUT2D eigenvalue weighted by Gasteiger charge is -2.13. The van der Waals surface area contributed by atoms with Crippen LogP contribution in [0.4, 0.5) is 16.2 Å². The summed E-state index contributed by atoms with van der Waals surface area (Å²) in [4.78, 5) is 44.2. The number of carbonyl (C=O) groups is 4. The van der Waals surface area contributed by atoms with Gasteiger partial charge in [-0.2, -0.15) is 0 Å². The van der Waals surface area contributed by atoms with Crippen LogP contribution >= 0.6 is 0 Å². The van der Waals surface area contributed by atoms with E-state index in [1.165, 1.54) is 14.0 Å². The summed E-state index contributed by atoms with van der Waals surface area (Å²) in [5.74, 6) is -0.832. The van der Waals surface area contributed by atoms with Crippen molar-refractivity contribution in [1.29, 1.82) is 0 Å². The number of hydrogen-bond donors (Lipinski definition) is 5. The highest BCUT2D eigenvalue weighted by molar-refractivity contribution is 6.01. The van der Waals surface area contributed by atoms with E-state index in [0.717, 1.165) is 28.7 Å². The second kappa shape index (κ2) is 17.9. The zero-order valence-electron chi connectivity index (χ0n) is 22.8. The third kappa shape index (κ3) is 13.1. The summed E-state index contributed by atoms with van der Waals surface area (Å²) >= 11 is 0. The van der Waals surface area contributed by atoms with Crippen LogP contribution in [-0.4, -0.2) is 49.0 Å². The van der Waals surface area contributed by atoms with E-state index in [0.29, 0.717) is 37.2 Å². The summed E-state index contributed by atoms with van der Waals surface area (Å²) in [7, 11) is 1.52. The van der Waals surface area contributed by atoms with Crippen molar-refractivity contribution >= 4 is 35.6 Å². The smallest absolute Gasteiger partial charge is 0.326 e.